The minimum Gasteiger partial charge on any atom is -0.495 e. The second-order valence-electron chi connectivity index (χ2n) is 8.01. The number of anilines is 1. The highest BCUT2D eigenvalue weighted by Gasteiger charge is 2.28. The SMILES string of the molecule is COc1ccc(Cl)cc1NS(=O)(=O)c1cccc(C(=O)N2CCN(CC3CC3)CC2)c1. The van der Waals surface area contributed by atoms with Gasteiger partial charge in [0.25, 0.3) is 15.9 Å². The average Bonchev–Trinajstić information content (AvgIpc) is 3.58. The highest BCUT2D eigenvalue weighted by molar-refractivity contribution is 7.92. The van der Waals surface area contributed by atoms with Gasteiger partial charge in [0.1, 0.15) is 5.75 Å². The molecule has 1 saturated carbocycles. The molecule has 0 atom stereocenters. The summed E-state index contributed by atoms with van der Waals surface area (Å²) in [6.07, 6.45) is 2.63. The first-order valence-corrected chi connectivity index (χ1v) is 12.2. The van der Waals surface area contributed by atoms with Crippen molar-refractivity contribution < 1.29 is 17.9 Å². The monoisotopic (exact) mass is 463 g/mol. The highest BCUT2D eigenvalue weighted by Crippen LogP contribution is 2.31. The average molecular weight is 464 g/mol. The molecule has 0 aromatic heterocycles. The van der Waals surface area contributed by atoms with Crippen molar-refractivity contribution in [2.75, 3.05) is 44.6 Å². The minimum absolute atomic E-state index is 0.00717. The summed E-state index contributed by atoms with van der Waals surface area (Å²) < 4.78 is 33.6. The maximum atomic E-state index is 13.0. The third-order valence-electron chi connectivity index (χ3n) is 5.67. The quantitative estimate of drug-likeness (QED) is 0.681. The maximum Gasteiger partial charge on any atom is 0.262 e. The number of methoxy groups -OCH3 is 1. The molecule has 9 heteroatoms. The number of hydrogen-bond acceptors (Lipinski definition) is 5. The number of benzene rings is 2. The third kappa shape index (κ3) is 5.31. The molecule has 4 rings (SSSR count). The fraction of sp³-hybridized carbons (Fsp3) is 0.409. The van der Waals surface area contributed by atoms with E-state index in [0.29, 0.717) is 29.4 Å². The topological polar surface area (TPSA) is 78.9 Å². The Bertz CT molecular complexity index is 1060. The van der Waals surface area contributed by atoms with Crippen molar-refractivity contribution in [2.45, 2.75) is 17.7 Å². The Balaban J connectivity index is 1.47. The van der Waals surface area contributed by atoms with Crippen LogP contribution in [0.4, 0.5) is 5.69 Å². The van der Waals surface area contributed by atoms with E-state index in [1.54, 1.807) is 29.2 Å². The van der Waals surface area contributed by atoms with E-state index >= 15 is 0 Å². The maximum absolute atomic E-state index is 13.0. The lowest BCUT2D eigenvalue weighted by atomic mass is 10.2. The Labute approximate surface area is 188 Å². The van der Waals surface area contributed by atoms with Crippen LogP contribution in [0.2, 0.25) is 5.02 Å². The van der Waals surface area contributed by atoms with Crippen LogP contribution in [-0.2, 0) is 10.0 Å². The van der Waals surface area contributed by atoms with Crippen LogP contribution in [0.25, 0.3) is 0 Å². The standard InChI is InChI=1S/C22H26ClN3O4S/c1-30-21-8-7-18(23)14-20(21)24-31(28,29)19-4-2-3-17(13-19)22(27)26-11-9-25(10-12-26)15-16-5-6-16/h2-4,7-8,13-14,16,24H,5-6,9-12,15H2,1H3. The van der Waals surface area contributed by atoms with Gasteiger partial charge < -0.3 is 9.64 Å². The Kier molecular flexibility index (Phi) is 6.41. The van der Waals surface area contributed by atoms with Crippen LogP contribution in [0.3, 0.4) is 0 Å². The first kappa shape index (κ1) is 21.9. The number of hydrogen-bond donors (Lipinski definition) is 1. The van der Waals surface area contributed by atoms with E-state index in [1.807, 2.05) is 0 Å². The number of carbonyl (C=O) groups excluding carboxylic acids is 1. The van der Waals surface area contributed by atoms with Gasteiger partial charge in [0, 0.05) is 43.3 Å². The summed E-state index contributed by atoms with van der Waals surface area (Å²) in [5, 5.41) is 0.378. The van der Waals surface area contributed by atoms with Gasteiger partial charge in [-0.15, -0.1) is 0 Å². The highest BCUT2D eigenvalue weighted by atomic mass is 35.5. The lowest BCUT2D eigenvalue weighted by molar-refractivity contribution is 0.0632. The number of halogens is 1. The molecular formula is C22H26ClN3O4S. The lowest BCUT2D eigenvalue weighted by Crippen LogP contribution is -2.49. The van der Waals surface area contributed by atoms with Crippen molar-refractivity contribution in [2.24, 2.45) is 5.92 Å². The molecule has 2 fully saturated rings. The molecule has 1 amide bonds. The van der Waals surface area contributed by atoms with E-state index in [1.165, 1.54) is 38.2 Å². The van der Waals surface area contributed by atoms with Gasteiger partial charge in [-0.05, 0) is 55.2 Å². The summed E-state index contributed by atoms with van der Waals surface area (Å²) in [5.74, 6) is 1.03. The number of amides is 1. The van der Waals surface area contributed by atoms with Crippen LogP contribution in [0.15, 0.2) is 47.4 Å². The van der Waals surface area contributed by atoms with E-state index < -0.39 is 10.0 Å². The first-order chi connectivity index (χ1) is 14.9. The van der Waals surface area contributed by atoms with Gasteiger partial charge in [0.2, 0.25) is 0 Å². The molecule has 0 spiro atoms. The summed E-state index contributed by atoms with van der Waals surface area (Å²) in [4.78, 5) is 17.2. The molecule has 0 radical (unpaired) electrons. The number of carbonyl (C=O) groups is 1. The number of nitrogens with zero attached hydrogens (tertiary/aromatic N) is 2. The molecule has 7 nitrogen and oxygen atoms in total. The van der Waals surface area contributed by atoms with Crippen LogP contribution < -0.4 is 9.46 Å². The lowest BCUT2D eigenvalue weighted by Gasteiger charge is -2.34. The van der Waals surface area contributed by atoms with Gasteiger partial charge in [-0.3, -0.25) is 14.4 Å². The zero-order valence-corrected chi connectivity index (χ0v) is 19.0. The zero-order valence-electron chi connectivity index (χ0n) is 17.4. The van der Waals surface area contributed by atoms with Crippen molar-refractivity contribution in [1.82, 2.24) is 9.80 Å². The molecule has 2 aliphatic rings. The van der Waals surface area contributed by atoms with E-state index in [-0.39, 0.29) is 16.5 Å². The molecule has 1 heterocycles. The number of sulfonamides is 1. The Morgan fingerprint density at radius 3 is 2.55 bits per heavy atom. The smallest absolute Gasteiger partial charge is 0.262 e. The van der Waals surface area contributed by atoms with Crippen LogP contribution >= 0.6 is 11.6 Å². The van der Waals surface area contributed by atoms with Crippen LogP contribution in [0, 0.1) is 5.92 Å². The summed E-state index contributed by atoms with van der Waals surface area (Å²) in [6, 6.07) is 10.8. The summed E-state index contributed by atoms with van der Waals surface area (Å²) in [5.41, 5.74) is 0.593. The van der Waals surface area contributed by atoms with Gasteiger partial charge in [-0.25, -0.2) is 8.42 Å². The van der Waals surface area contributed by atoms with Crippen molar-refractivity contribution in [1.29, 1.82) is 0 Å². The molecular weight excluding hydrogens is 438 g/mol. The Morgan fingerprint density at radius 1 is 1.13 bits per heavy atom. The van der Waals surface area contributed by atoms with Crippen molar-refractivity contribution in [3.05, 3.63) is 53.1 Å². The van der Waals surface area contributed by atoms with Gasteiger partial charge >= 0.3 is 0 Å². The second kappa shape index (κ2) is 9.06. The third-order valence-corrected chi connectivity index (χ3v) is 7.27. The molecule has 166 valence electrons. The predicted octanol–water partition coefficient (Wildman–Crippen LogP) is 3.32. The summed E-state index contributed by atoms with van der Waals surface area (Å²) >= 11 is 6.00. The molecule has 31 heavy (non-hydrogen) atoms. The summed E-state index contributed by atoms with van der Waals surface area (Å²) in [7, 11) is -2.48. The molecule has 0 bridgehead atoms. The molecule has 2 aromatic carbocycles. The number of nitrogens with one attached hydrogen (secondary N) is 1. The van der Waals surface area contributed by atoms with Crippen molar-refractivity contribution in [3.8, 4) is 5.75 Å². The fourth-order valence-corrected chi connectivity index (χ4v) is 5.02. The molecule has 1 saturated heterocycles. The van der Waals surface area contributed by atoms with E-state index in [9.17, 15) is 13.2 Å². The van der Waals surface area contributed by atoms with Crippen LogP contribution in [0.1, 0.15) is 23.2 Å². The minimum atomic E-state index is -3.93. The fourth-order valence-electron chi connectivity index (χ4n) is 3.74. The number of piperazine rings is 1. The van der Waals surface area contributed by atoms with Gasteiger partial charge in [-0.2, -0.15) is 0 Å². The van der Waals surface area contributed by atoms with E-state index in [4.69, 9.17) is 16.3 Å². The molecule has 1 N–H and O–H groups in total. The molecule has 1 aliphatic carbocycles. The number of rotatable bonds is 7. The molecule has 2 aromatic rings. The van der Waals surface area contributed by atoms with Crippen LogP contribution in [-0.4, -0.2) is 64.0 Å². The predicted molar refractivity (Wildman–Crippen MR) is 120 cm³/mol. The van der Waals surface area contributed by atoms with E-state index in [2.05, 4.69) is 9.62 Å². The Morgan fingerprint density at radius 2 is 1.87 bits per heavy atom. The van der Waals surface area contributed by atoms with Crippen molar-refractivity contribution >= 4 is 33.2 Å². The van der Waals surface area contributed by atoms with Gasteiger partial charge in [0.15, 0.2) is 0 Å². The first-order valence-electron chi connectivity index (χ1n) is 10.3. The van der Waals surface area contributed by atoms with Gasteiger partial charge in [-0.1, -0.05) is 17.7 Å². The second-order valence-corrected chi connectivity index (χ2v) is 10.1. The van der Waals surface area contributed by atoms with E-state index in [0.717, 1.165) is 25.6 Å². The normalized spacial score (nSPS) is 17.4. The largest absolute Gasteiger partial charge is 0.495 e. The molecule has 1 aliphatic heterocycles. The zero-order chi connectivity index (χ0) is 22.0. The van der Waals surface area contributed by atoms with Crippen LogP contribution in [0.5, 0.6) is 5.75 Å². The summed E-state index contributed by atoms with van der Waals surface area (Å²) in [6.45, 7) is 4.14. The number of ether oxygens (including phenoxy) is 1. The Hall–Kier alpha value is -2.29. The van der Waals surface area contributed by atoms with Gasteiger partial charge in [0.05, 0.1) is 17.7 Å². The molecule has 0 unspecified atom stereocenters. The van der Waals surface area contributed by atoms with Crippen molar-refractivity contribution in [3.63, 3.8) is 0 Å².